The molecule has 5 aliphatic rings. The van der Waals surface area contributed by atoms with Crippen molar-refractivity contribution in [3.05, 3.63) is 268 Å². The highest BCUT2D eigenvalue weighted by Gasteiger charge is 2.55. The SMILES string of the molecule is C1=C(N(c2cccc3c2C2(c4ccccc4O3)c3ccccc3-c3ccccc32)c2cccc3sc4ccccc4c23)CCC2=C1C1(c3ccccc3O2)c2ccccc2-c2ccccc21. The minimum Gasteiger partial charge on any atom is -0.461 e. The fourth-order valence-corrected chi connectivity index (χ4v) is 13.8. The van der Waals surface area contributed by atoms with Crippen molar-refractivity contribution in [1.29, 1.82) is 0 Å². The summed E-state index contributed by atoms with van der Waals surface area (Å²) in [6, 6.07) is 76.1. The molecule has 4 heteroatoms. The Morgan fingerprint density at radius 3 is 1.55 bits per heavy atom. The summed E-state index contributed by atoms with van der Waals surface area (Å²) in [5.41, 5.74) is 17.1. The summed E-state index contributed by atoms with van der Waals surface area (Å²) >= 11 is 1.86. The van der Waals surface area contributed by atoms with E-state index in [9.17, 15) is 0 Å². The zero-order chi connectivity index (χ0) is 43.1. The second-order valence-electron chi connectivity index (χ2n) is 18.1. The van der Waals surface area contributed by atoms with E-state index in [0.717, 1.165) is 58.4 Å². The van der Waals surface area contributed by atoms with Crippen molar-refractivity contribution in [2.75, 3.05) is 4.90 Å². The average Bonchev–Trinajstić information content (AvgIpc) is 4.00. The summed E-state index contributed by atoms with van der Waals surface area (Å²) in [6.45, 7) is 0. The molecule has 2 aliphatic heterocycles. The molecule has 2 spiro atoms. The number of hydrogen-bond acceptors (Lipinski definition) is 4. The van der Waals surface area contributed by atoms with E-state index in [2.05, 4.69) is 217 Å². The number of anilines is 2. The monoisotopic (exact) mass is 861 g/mol. The maximum absolute atomic E-state index is 7.16. The Morgan fingerprint density at radius 1 is 0.394 bits per heavy atom. The van der Waals surface area contributed by atoms with Crippen LogP contribution in [0.25, 0.3) is 42.4 Å². The number of fused-ring (bicyclic) bond motifs is 20. The number of ether oxygens (including phenoxy) is 2. The molecule has 0 amide bonds. The lowest BCUT2D eigenvalue weighted by molar-refractivity contribution is 0.361. The molecule has 3 nitrogen and oxygen atoms in total. The van der Waals surface area contributed by atoms with E-state index in [1.165, 1.54) is 81.5 Å². The minimum absolute atomic E-state index is 0.585. The van der Waals surface area contributed by atoms with E-state index in [1.807, 2.05) is 11.3 Å². The van der Waals surface area contributed by atoms with Crippen molar-refractivity contribution in [3.8, 4) is 39.5 Å². The van der Waals surface area contributed by atoms with E-state index >= 15 is 0 Å². The Hall–Kier alpha value is -7.92. The molecule has 0 bridgehead atoms. The van der Waals surface area contributed by atoms with E-state index in [0.29, 0.717) is 0 Å². The van der Waals surface area contributed by atoms with Crippen molar-refractivity contribution in [3.63, 3.8) is 0 Å². The van der Waals surface area contributed by atoms with Crippen molar-refractivity contribution in [2.24, 2.45) is 0 Å². The fraction of sp³-hybridized carbons (Fsp3) is 0.0645. The molecule has 0 unspecified atom stereocenters. The van der Waals surface area contributed by atoms with Crippen molar-refractivity contribution < 1.29 is 9.47 Å². The van der Waals surface area contributed by atoms with Gasteiger partial charge in [0.25, 0.3) is 0 Å². The molecule has 0 saturated carbocycles. The van der Waals surface area contributed by atoms with Gasteiger partial charge in [-0.25, -0.2) is 0 Å². The summed E-state index contributed by atoms with van der Waals surface area (Å²) in [7, 11) is 0. The number of para-hydroxylation sites is 2. The third-order valence-electron chi connectivity index (χ3n) is 15.1. The van der Waals surface area contributed by atoms with Crippen LogP contribution in [-0.4, -0.2) is 0 Å². The van der Waals surface area contributed by atoms with Gasteiger partial charge >= 0.3 is 0 Å². The number of benzene rings is 9. The van der Waals surface area contributed by atoms with Crippen LogP contribution in [0.2, 0.25) is 0 Å². The van der Waals surface area contributed by atoms with Crippen LogP contribution in [-0.2, 0) is 10.8 Å². The molecule has 0 fully saturated rings. The Kier molecular flexibility index (Phi) is 7.35. The molecule has 0 atom stereocenters. The molecular weight excluding hydrogens is 823 g/mol. The summed E-state index contributed by atoms with van der Waals surface area (Å²) < 4.78 is 16.8. The van der Waals surface area contributed by atoms with Crippen LogP contribution >= 0.6 is 11.3 Å². The van der Waals surface area contributed by atoms with Gasteiger partial charge in [-0.15, -0.1) is 11.3 Å². The zero-order valence-electron chi connectivity index (χ0n) is 35.8. The zero-order valence-corrected chi connectivity index (χ0v) is 36.6. The van der Waals surface area contributed by atoms with Crippen LogP contribution in [0.15, 0.2) is 229 Å². The molecule has 310 valence electrons. The van der Waals surface area contributed by atoms with Gasteiger partial charge in [-0.05, 0) is 99.5 Å². The maximum atomic E-state index is 7.16. The number of thiophene rings is 1. The first-order chi connectivity index (χ1) is 32.7. The molecule has 15 rings (SSSR count). The van der Waals surface area contributed by atoms with Gasteiger partial charge < -0.3 is 14.4 Å². The van der Waals surface area contributed by atoms with Gasteiger partial charge in [-0.2, -0.15) is 0 Å². The van der Waals surface area contributed by atoms with Gasteiger partial charge in [0.15, 0.2) is 0 Å². The summed E-state index contributed by atoms with van der Waals surface area (Å²) in [4.78, 5) is 2.62. The molecule has 0 radical (unpaired) electrons. The third-order valence-corrected chi connectivity index (χ3v) is 16.2. The first kappa shape index (κ1) is 36.4. The predicted octanol–water partition coefficient (Wildman–Crippen LogP) is 16.0. The molecule has 3 aliphatic carbocycles. The highest BCUT2D eigenvalue weighted by atomic mass is 32.1. The van der Waals surface area contributed by atoms with Gasteiger partial charge in [0.05, 0.1) is 22.2 Å². The summed E-state index contributed by atoms with van der Waals surface area (Å²) in [6.07, 6.45) is 4.02. The largest absolute Gasteiger partial charge is 0.461 e. The molecule has 0 N–H and O–H groups in total. The smallest absolute Gasteiger partial charge is 0.134 e. The van der Waals surface area contributed by atoms with E-state index < -0.39 is 10.8 Å². The Balaban J connectivity index is 1.07. The number of allylic oxidation sites excluding steroid dienone is 4. The molecule has 0 saturated heterocycles. The molecule has 9 aromatic carbocycles. The van der Waals surface area contributed by atoms with E-state index in [4.69, 9.17) is 9.47 Å². The normalized spacial score (nSPS) is 16.0. The van der Waals surface area contributed by atoms with E-state index in [1.54, 1.807) is 0 Å². The van der Waals surface area contributed by atoms with Gasteiger partial charge in [-0.1, -0.05) is 164 Å². The molecule has 66 heavy (non-hydrogen) atoms. The Bertz CT molecular complexity index is 3720. The molecular formula is C62H39NO2S. The summed E-state index contributed by atoms with van der Waals surface area (Å²) in [5, 5.41) is 2.52. The fourth-order valence-electron chi connectivity index (χ4n) is 12.7. The first-order valence-corrected chi connectivity index (χ1v) is 23.8. The van der Waals surface area contributed by atoms with Crippen molar-refractivity contribution in [2.45, 2.75) is 23.7 Å². The Morgan fingerprint density at radius 2 is 0.879 bits per heavy atom. The average molecular weight is 862 g/mol. The van der Waals surface area contributed by atoms with E-state index in [-0.39, 0.29) is 0 Å². The topological polar surface area (TPSA) is 21.7 Å². The van der Waals surface area contributed by atoms with Crippen LogP contribution in [0.4, 0.5) is 11.4 Å². The van der Waals surface area contributed by atoms with Crippen LogP contribution in [0.3, 0.4) is 0 Å². The van der Waals surface area contributed by atoms with Crippen LogP contribution < -0.4 is 14.4 Å². The number of hydrogen-bond donors (Lipinski definition) is 0. The van der Waals surface area contributed by atoms with Gasteiger partial charge in [0.2, 0.25) is 0 Å². The standard InChI is InChI=1S/C62H39NO2S/c1-6-22-44-39(17-1)40-18-2-7-23-45(40)61(44)48-26-10-12-30-53(48)64-55-36-35-38(37-50(55)61)63(51-28-16-34-58-59(51)43-21-5-14-33-57(43)66-58)52-29-15-32-56-60(52)62(49-27-11-13-31-54(49)65-56)46-24-8-3-19-41(46)42-20-4-9-25-47(42)62/h1-34,37H,35-36H2. The second-order valence-corrected chi connectivity index (χ2v) is 19.2. The number of rotatable bonds is 3. The molecule has 10 aromatic rings. The molecule has 1 aromatic heterocycles. The van der Waals surface area contributed by atoms with Gasteiger partial charge in [0.1, 0.15) is 23.0 Å². The summed E-state index contributed by atoms with van der Waals surface area (Å²) in [5.74, 6) is 3.72. The highest BCUT2D eigenvalue weighted by molar-refractivity contribution is 7.26. The van der Waals surface area contributed by atoms with Gasteiger partial charge in [-0.3, -0.25) is 0 Å². The number of nitrogens with zero attached hydrogens (tertiary/aromatic N) is 1. The van der Waals surface area contributed by atoms with Crippen LogP contribution in [0.5, 0.6) is 17.2 Å². The van der Waals surface area contributed by atoms with Crippen LogP contribution in [0, 0.1) is 0 Å². The highest BCUT2D eigenvalue weighted by Crippen LogP contribution is 2.66. The second kappa shape index (κ2) is 13.3. The minimum atomic E-state index is -0.673. The first-order valence-electron chi connectivity index (χ1n) is 23.0. The van der Waals surface area contributed by atoms with Crippen molar-refractivity contribution >= 4 is 42.9 Å². The molecule has 3 heterocycles. The Labute approximate surface area is 386 Å². The lowest BCUT2D eigenvalue weighted by Gasteiger charge is -2.45. The maximum Gasteiger partial charge on any atom is 0.134 e. The quantitative estimate of drug-likeness (QED) is 0.177. The van der Waals surface area contributed by atoms with Gasteiger partial charge in [0, 0.05) is 54.6 Å². The van der Waals surface area contributed by atoms with Crippen LogP contribution in [0.1, 0.15) is 51.8 Å². The van der Waals surface area contributed by atoms with Crippen molar-refractivity contribution in [1.82, 2.24) is 0 Å². The lowest BCUT2D eigenvalue weighted by atomic mass is 9.64. The lowest BCUT2D eigenvalue weighted by Crippen LogP contribution is -2.37. The predicted molar refractivity (Wildman–Crippen MR) is 268 cm³/mol. The third kappa shape index (κ3) is 4.52.